The topological polar surface area (TPSA) is 42.2 Å². The molecule has 21 heavy (non-hydrogen) atoms. The third kappa shape index (κ3) is 2.42. The van der Waals surface area contributed by atoms with Crippen LogP contribution in [0.4, 0.5) is 17.2 Å². The van der Waals surface area contributed by atoms with Gasteiger partial charge >= 0.3 is 0 Å². The van der Waals surface area contributed by atoms with E-state index < -0.39 is 0 Å². The molecule has 2 aromatic carbocycles. The molecule has 0 saturated heterocycles. The van der Waals surface area contributed by atoms with Crippen LogP contribution >= 0.6 is 0 Å². The first-order valence-corrected chi connectivity index (χ1v) is 7.18. The molecule has 0 aliphatic heterocycles. The maximum Gasteiger partial charge on any atom is 0.156 e. The molecular formula is C18H19N3. The second-order valence-corrected chi connectivity index (χ2v) is 5.17. The summed E-state index contributed by atoms with van der Waals surface area (Å²) >= 11 is 0. The summed E-state index contributed by atoms with van der Waals surface area (Å²) in [6.45, 7) is 4.93. The van der Waals surface area contributed by atoms with Crippen molar-refractivity contribution in [1.29, 1.82) is 0 Å². The highest BCUT2D eigenvalue weighted by Crippen LogP contribution is 2.33. The number of benzene rings is 2. The fraction of sp³-hybridized carbons (Fsp3) is 0.167. The Kier molecular flexibility index (Phi) is 3.48. The maximum absolute atomic E-state index is 6.18. The largest absolute Gasteiger partial charge is 0.396 e. The van der Waals surface area contributed by atoms with Gasteiger partial charge in [0.1, 0.15) is 0 Å². The summed E-state index contributed by atoms with van der Waals surface area (Å²) in [5, 5.41) is 2.43. The number of pyridine rings is 1. The van der Waals surface area contributed by atoms with E-state index in [0.717, 1.165) is 23.6 Å². The number of aryl methyl sites for hydroxylation is 1. The predicted molar refractivity (Wildman–Crippen MR) is 90.0 cm³/mol. The van der Waals surface area contributed by atoms with Crippen molar-refractivity contribution < 1.29 is 0 Å². The molecule has 0 spiro atoms. The van der Waals surface area contributed by atoms with Gasteiger partial charge in [-0.05, 0) is 36.9 Å². The summed E-state index contributed by atoms with van der Waals surface area (Å²) < 4.78 is 0. The van der Waals surface area contributed by atoms with Crippen molar-refractivity contribution in [3.63, 3.8) is 0 Å². The molecule has 1 heterocycles. The van der Waals surface area contributed by atoms with Gasteiger partial charge in [0.2, 0.25) is 0 Å². The van der Waals surface area contributed by atoms with Gasteiger partial charge < -0.3 is 10.6 Å². The third-order valence-corrected chi connectivity index (χ3v) is 3.66. The van der Waals surface area contributed by atoms with E-state index in [1.165, 1.54) is 10.8 Å². The minimum Gasteiger partial charge on any atom is -0.396 e. The van der Waals surface area contributed by atoms with Crippen LogP contribution in [0.5, 0.6) is 0 Å². The lowest BCUT2D eigenvalue weighted by Gasteiger charge is -2.25. The van der Waals surface area contributed by atoms with E-state index in [1.54, 1.807) is 0 Å². The van der Waals surface area contributed by atoms with Gasteiger partial charge in [-0.3, -0.25) is 0 Å². The zero-order valence-corrected chi connectivity index (χ0v) is 12.4. The average Bonchev–Trinajstić information content (AvgIpc) is 2.50. The van der Waals surface area contributed by atoms with Crippen LogP contribution in [0.3, 0.4) is 0 Å². The quantitative estimate of drug-likeness (QED) is 0.776. The van der Waals surface area contributed by atoms with Gasteiger partial charge in [0.05, 0.1) is 11.4 Å². The van der Waals surface area contributed by atoms with Gasteiger partial charge in [-0.15, -0.1) is 0 Å². The first-order valence-electron chi connectivity index (χ1n) is 7.18. The molecule has 0 amide bonds. The molecule has 0 radical (unpaired) electrons. The van der Waals surface area contributed by atoms with Crippen molar-refractivity contribution in [3.8, 4) is 0 Å². The van der Waals surface area contributed by atoms with Gasteiger partial charge in [0.15, 0.2) is 5.82 Å². The minimum absolute atomic E-state index is 0.713. The molecule has 0 atom stereocenters. The van der Waals surface area contributed by atoms with Gasteiger partial charge in [0, 0.05) is 18.1 Å². The number of aromatic nitrogens is 1. The van der Waals surface area contributed by atoms with Crippen LogP contribution in [0, 0.1) is 6.92 Å². The summed E-state index contributed by atoms with van der Waals surface area (Å²) in [6.07, 6.45) is 1.86. The highest BCUT2D eigenvalue weighted by atomic mass is 15.2. The number of nitrogens with two attached hydrogens (primary N) is 1. The third-order valence-electron chi connectivity index (χ3n) is 3.66. The summed E-state index contributed by atoms with van der Waals surface area (Å²) in [6, 6.07) is 16.7. The Bertz CT molecular complexity index is 775. The monoisotopic (exact) mass is 277 g/mol. The average molecular weight is 277 g/mol. The molecule has 0 aliphatic carbocycles. The summed E-state index contributed by atoms with van der Waals surface area (Å²) in [5.74, 6) is 0.819. The van der Waals surface area contributed by atoms with Crippen molar-refractivity contribution in [3.05, 3.63) is 60.3 Å². The van der Waals surface area contributed by atoms with Crippen molar-refractivity contribution in [2.75, 3.05) is 17.2 Å². The molecule has 0 unspecified atom stereocenters. The lowest BCUT2D eigenvalue weighted by molar-refractivity contribution is 0.995. The number of hydrogen-bond acceptors (Lipinski definition) is 3. The van der Waals surface area contributed by atoms with Gasteiger partial charge in [-0.2, -0.15) is 0 Å². The van der Waals surface area contributed by atoms with Gasteiger partial charge in [-0.1, -0.05) is 36.4 Å². The van der Waals surface area contributed by atoms with E-state index >= 15 is 0 Å². The van der Waals surface area contributed by atoms with Crippen LogP contribution in [-0.2, 0) is 0 Å². The van der Waals surface area contributed by atoms with Gasteiger partial charge in [0.25, 0.3) is 0 Å². The summed E-state index contributed by atoms with van der Waals surface area (Å²) in [4.78, 5) is 6.70. The normalized spacial score (nSPS) is 10.8. The summed E-state index contributed by atoms with van der Waals surface area (Å²) in [5.41, 5.74) is 9.10. The molecule has 2 N–H and O–H groups in total. The van der Waals surface area contributed by atoms with Crippen molar-refractivity contribution in [1.82, 2.24) is 4.98 Å². The lowest BCUT2D eigenvalue weighted by atomic mass is 10.1. The van der Waals surface area contributed by atoms with E-state index in [9.17, 15) is 0 Å². The molecule has 106 valence electrons. The fourth-order valence-corrected chi connectivity index (χ4v) is 2.69. The lowest BCUT2D eigenvalue weighted by Crippen LogP contribution is -2.19. The molecule has 0 bridgehead atoms. The number of anilines is 3. The van der Waals surface area contributed by atoms with Crippen LogP contribution in [0.1, 0.15) is 12.5 Å². The zero-order valence-electron chi connectivity index (χ0n) is 12.4. The highest BCUT2D eigenvalue weighted by Gasteiger charge is 2.14. The van der Waals surface area contributed by atoms with Crippen LogP contribution in [0.2, 0.25) is 0 Å². The van der Waals surface area contributed by atoms with E-state index in [0.29, 0.717) is 5.69 Å². The molecule has 1 aromatic heterocycles. The Hall–Kier alpha value is -2.55. The number of nitrogens with zero attached hydrogens (tertiary/aromatic N) is 2. The van der Waals surface area contributed by atoms with E-state index in [-0.39, 0.29) is 0 Å². The van der Waals surface area contributed by atoms with Crippen molar-refractivity contribution in [2.45, 2.75) is 13.8 Å². The smallest absolute Gasteiger partial charge is 0.156 e. The SMILES string of the molecule is CCN(c1ncc(C)cc1N)c1cccc2ccccc12. The molecule has 3 nitrogen and oxygen atoms in total. The number of fused-ring (bicyclic) bond motifs is 1. The summed E-state index contributed by atoms with van der Waals surface area (Å²) in [7, 11) is 0. The van der Waals surface area contributed by atoms with Gasteiger partial charge in [-0.25, -0.2) is 4.98 Å². The molecule has 3 aromatic rings. The van der Waals surface area contributed by atoms with Crippen LogP contribution < -0.4 is 10.6 Å². The molecule has 3 rings (SSSR count). The zero-order chi connectivity index (χ0) is 14.8. The van der Waals surface area contributed by atoms with Crippen LogP contribution in [-0.4, -0.2) is 11.5 Å². The Morgan fingerprint density at radius 3 is 2.62 bits per heavy atom. The molecular weight excluding hydrogens is 258 g/mol. The standard InChI is InChI=1S/C18H19N3/c1-3-21(18-16(19)11-13(2)12-20-18)17-10-6-8-14-7-4-5-9-15(14)17/h4-12H,3,19H2,1-2H3. The Morgan fingerprint density at radius 1 is 1.10 bits per heavy atom. The van der Waals surface area contributed by atoms with E-state index in [4.69, 9.17) is 5.73 Å². The van der Waals surface area contributed by atoms with E-state index in [1.807, 2.05) is 19.2 Å². The van der Waals surface area contributed by atoms with Crippen LogP contribution in [0.15, 0.2) is 54.7 Å². The minimum atomic E-state index is 0.713. The molecule has 0 saturated carbocycles. The second kappa shape index (κ2) is 5.44. The number of hydrogen-bond donors (Lipinski definition) is 1. The first-order chi connectivity index (χ1) is 10.2. The maximum atomic E-state index is 6.18. The molecule has 0 aliphatic rings. The highest BCUT2D eigenvalue weighted by molar-refractivity contribution is 5.96. The van der Waals surface area contributed by atoms with Crippen molar-refractivity contribution in [2.24, 2.45) is 0 Å². The Balaban J connectivity index is 2.18. The second-order valence-electron chi connectivity index (χ2n) is 5.17. The number of nitrogen functional groups attached to an aromatic ring is 1. The molecule has 3 heteroatoms. The van der Waals surface area contributed by atoms with Crippen LogP contribution in [0.25, 0.3) is 10.8 Å². The Morgan fingerprint density at radius 2 is 1.86 bits per heavy atom. The molecule has 0 fully saturated rings. The predicted octanol–water partition coefficient (Wildman–Crippen LogP) is 4.28. The first kappa shape index (κ1) is 13.4. The van der Waals surface area contributed by atoms with E-state index in [2.05, 4.69) is 59.3 Å². The fourth-order valence-electron chi connectivity index (χ4n) is 2.69. The Labute approximate surface area is 125 Å². The number of rotatable bonds is 3. The van der Waals surface area contributed by atoms with Crippen molar-refractivity contribution >= 4 is 28.0 Å².